The molecular weight excluding hydrogens is 278 g/mol. The summed E-state index contributed by atoms with van der Waals surface area (Å²) < 4.78 is 0. The lowest BCUT2D eigenvalue weighted by atomic mass is 10.00. The van der Waals surface area contributed by atoms with Crippen LogP contribution in [0.4, 0.5) is 0 Å². The Morgan fingerprint density at radius 1 is 1.18 bits per heavy atom. The number of amides is 1. The van der Waals surface area contributed by atoms with Crippen LogP contribution in [0.15, 0.2) is 48.9 Å². The van der Waals surface area contributed by atoms with Gasteiger partial charge in [-0.2, -0.15) is 0 Å². The van der Waals surface area contributed by atoms with E-state index < -0.39 is 5.91 Å². The van der Waals surface area contributed by atoms with E-state index in [4.69, 9.17) is 5.21 Å². The minimum Gasteiger partial charge on any atom is -0.288 e. The van der Waals surface area contributed by atoms with E-state index >= 15 is 0 Å². The highest BCUT2D eigenvalue weighted by molar-refractivity contribution is 5.97. The number of hydroxylamine groups is 1. The molecule has 0 radical (unpaired) electrons. The molecular formula is C17H15N3O2. The third-order valence-corrected chi connectivity index (χ3v) is 3.55. The Kier molecular flexibility index (Phi) is 3.80. The number of rotatable bonds is 3. The first-order valence-electron chi connectivity index (χ1n) is 6.90. The molecule has 5 heteroatoms. The highest BCUT2D eigenvalue weighted by Crippen LogP contribution is 2.21. The minimum absolute atomic E-state index is 0.329. The van der Waals surface area contributed by atoms with E-state index in [1.165, 1.54) is 11.8 Å². The summed E-state index contributed by atoms with van der Waals surface area (Å²) in [7, 11) is 0. The van der Waals surface area contributed by atoms with Crippen LogP contribution in [-0.4, -0.2) is 21.1 Å². The standard InChI is InChI=1S/C17H15N3O2/c1-11-6-13(7-12-2-4-18-5-3-12)8-14-9-15(17(21)20-22)10-19-16(11)14/h2-6,8-10,22H,7H2,1H3,(H,20,21). The molecule has 0 fully saturated rings. The molecule has 0 aliphatic carbocycles. The SMILES string of the molecule is Cc1cc(Cc2ccncc2)cc2cc(C(=O)NO)cnc12. The monoisotopic (exact) mass is 293 g/mol. The van der Waals surface area contributed by atoms with Gasteiger partial charge in [0.2, 0.25) is 0 Å². The van der Waals surface area contributed by atoms with Crippen molar-refractivity contribution in [2.45, 2.75) is 13.3 Å². The van der Waals surface area contributed by atoms with Crippen molar-refractivity contribution in [1.29, 1.82) is 0 Å². The maximum absolute atomic E-state index is 11.5. The summed E-state index contributed by atoms with van der Waals surface area (Å²) in [6.07, 6.45) is 5.79. The van der Waals surface area contributed by atoms with Gasteiger partial charge in [-0.25, -0.2) is 5.48 Å². The van der Waals surface area contributed by atoms with Crippen molar-refractivity contribution in [1.82, 2.24) is 15.4 Å². The molecule has 3 rings (SSSR count). The zero-order valence-electron chi connectivity index (χ0n) is 12.1. The average Bonchev–Trinajstić information content (AvgIpc) is 2.54. The Balaban J connectivity index is 2.03. The lowest BCUT2D eigenvalue weighted by Crippen LogP contribution is -2.18. The molecule has 0 unspecified atom stereocenters. The number of hydrogen-bond acceptors (Lipinski definition) is 4. The van der Waals surface area contributed by atoms with E-state index in [9.17, 15) is 4.79 Å². The van der Waals surface area contributed by atoms with Gasteiger partial charge in [0.1, 0.15) is 0 Å². The minimum atomic E-state index is -0.563. The summed E-state index contributed by atoms with van der Waals surface area (Å²) in [5.41, 5.74) is 6.18. The van der Waals surface area contributed by atoms with E-state index in [0.29, 0.717) is 5.56 Å². The molecule has 3 aromatic rings. The second-order valence-corrected chi connectivity index (χ2v) is 5.18. The first-order chi connectivity index (χ1) is 10.7. The van der Waals surface area contributed by atoms with Crippen LogP contribution in [-0.2, 0) is 6.42 Å². The second-order valence-electron chi connectivity index (χ2n) is 5.18. The summed E-state index contributed by atoms with van der Waals surface area (Å²) >= 11 is 0. The average molecular weight is 293 g/mol. The zero-order chi connectivity index (χ0) is 15.5. The number of hydrogen-bond donors (Lipinski definition) is 2. The van der Waals surface area contributed by atoms with Gasteiger partial charge in [0.25, 0.3) is 5.91 Å². The molecule has 1 amide bonds. The van der Waals surface area contributed by atoms with Crippen molar-refractivity contribution >= 4 is 16.8 Å². The van der Waals surface area contributed by atoms with Gasteiger partial charge in [-0.3, -0.25) is 20.0 Å². The Labute approximate surface area is 127 Å². The normalized spacial score (nSPS) is 10.6. The number of aromatic nitrogens is 2. The largest absolute Gasteiger partial charge is 0.288 e. The van der Waals surface area contributed by atoms with Gasteiger partial charge in [0.05, 0.1) is 11.1 Å². The molecule has 0 atom stereocenters. The predicted molar refractivity (Wildman–Crippen MR) is 82.8 cm³/mol. The lowest BCUT2D eigenvalue weighted by molar-refractivity contribution is 0.0706. The van der Waals surface area contributed by atoms with Gasteiger partial charge in [0, 0.05) is 24.0 Å². The number of nitrogens with one attached hydrogen (secondary N) is 1. The van der Waals surface area contributed by atoms with Crippen LogP contribution in [0.5, 0.6) is 0 Å². The summed E-state index contributed by atoms with van der Waals surface area (Å²) in [6.45, 7) is 2.00. The van der Waals surface area contributed by atoms with Gasteiger partial charge < -0.3 is 0 Å². The summed E-state index contributed by atoms with van der Waals surface area (Å²) in [6, 6.07) is 9.81. The number of carbonyl (C=O) groups excluding carboxylic acids is 1. The fraction of sp³-hybridized carbons (Fsp3) is 0.118. The Hall–Kier alpha value is -2.79. The van der Waals surface area contributed by atoms with E-state index in [1.54, 1.807) is 23.9 Å². The van der Waals surface area contributed by atoms with Crippen LogP contribution in [0.3, 0.4) is 0 Å². The summed E-state index contributed by atoms with van der Waals surface area (Å²) in [5.74, 6) is -0.563. The molecule has 2 N–H and O–H groups in total. The van der Waals surface area contributed by atoms with Gasteiger partial charge in [0.15, 0.2) is 0 Å². The maximum atomic E-state index is 11.5. The fourth-order valence-electron chi connectivity index (χ4n) is 2.54. The number of nitrogens with zero attached hydrogens (tertiary/aromatic N) is 2. The van der Waals surface area contributed by atoms with E-state index in [1.807, 2.05) is 25.1 Å². The number of benzene rings is 1. The van der Waals surface area contributed by atoms with E-state index in [2.05, 4.69) is 16.0 Å². The first kappa shape index (κ1) is 14.2. The molecule has 110 valence electrons. The van der Waals surface area contributed by atoms with Crippen LogP contribution in [0.2, 0.25) is 0 Å². The maximum Gasteiger partial charge on any atom is 0.276 e. The van der Waals surface area contributed by atoms with Crippen molar-refractivity contribution in [3.63, 3.8) is 0 Å². The molecule has 0 spiro atoms. The fourth-order valence-corrected chi connectivity index (χ4v) is 2.54. The van der Waals surface area contributed by atoms with Gasteiger partial charge in [-0.15, -0.1) is 0 Å². The quantitative estimate of drug-likeness (QED) is 0.575. The van der Waals surface area contributed by atoms with E-state index in [-0.39, 0.29) is 0 Å². The molecule has 22 heavy (non-hydrogen) atoms. The number of aryl methyl sites for hydroxylation is 1. The number of fused-ring (bicyclic) bond motifs is 1. The molecule has 2 heterocycles. The molecule has 0 aliphatic rings. The first-order valence-corrected chi connectivity index (χ1v) is 6.90. The highest BCUT2D eigenvalue weighted by Gasteiger charge is 2.09. The van der Waals surface area contributed by atoms with Crippen LogP contribution >= 0.6 is 0 Å². The smallest absolute Gasteiger partial charge is 0.276 e. The third-order valence-electron chi connectivity index (χ3n) is 3.55. The lowest BCUT2D eigenvalue weighted by Gasteiger charge is -2.08. The highest BCUT2D eigenvalue weighted by atomic mass is 16.5. The summed E-state index contributed by atoms with van der Waals surface area (Å²) in [4.78, 5) is 19.8. The van der Waals surface area contributed by atoms with Crippen LogP contribution < -0.4 is 5.48 Å². The molecule has 0 bridgehead atoms. The molecule has 0 saturated carbocycles. The van der Waals surface area contributed by atoms with Crippen molar-refractivity contribution < 1.29 is 10.0 Å². The summed E-state index contributed by atoms with van der Waals surface area (Å²) in [5, 5.41) is 9.61. The number of carbonyl (C=O) groups is 1. The zero-order valence-corrected chi connectivity index (χ0v) is 12.1. The third kappa shape index (κ3) is 2.80. The van der Waals surface area contributed by atoms with Crippen molar-refractivity contribution in [2.75, 3.05) is 0 Å². The van der Waals surface area contributed by atoms with E-state index in [0.717, 1.165) is 28.5 Å². The predicted octanol–water partition coefficient (Wildman–Crippen LogP) is 2.65. The van der Waals surface area contributed by atoms with Crippen molar-refractivity contribution in [2.24, 2.45) is 0 Å². The molecule has 1 aromatic carbocycles. The van der Waals surface area contributed by atoms with Crippen LogP contribution in [0.25, 0.3) is 10.9 Å². The van der Waals surface area contributed by atoms with Gasteiger partial charge in [-0.1, -0.05) is 6.07 Å². The van der Waals surface area contributed by atoms with Gasteiger partial charge >= 0.3 is 0 Å². The Morgan fingerprint density at radius 3 is 2.68 bits per heavy atom. The topological polar surface area (TPSA) is 75.1 Å². The number of pyridine rings is 2. The second kappa shape index (κ2) is 5.91. The molecule has 2 aromatic heterocycles. The molecule has 5 nitrogen and oxygen atoms in total. The van der Waals surface area contributed by atoms with Crippen LogP contribution in [0.1, 0.15) is 27.0 Å². The Bertz CT molecular complexity index is 832. The van der Waals surface area contributed by atoms with Crippen LogP contribution in [0, 0.1) is 6.92 Å². The van der Waals surface area contributed by atoms with Crippen molar-refractivity contribution in [3.8, 4) is 0 Å². The van der Waals surface area contributed by atoms with Gasteiger partial charge in [-0.05, 0) is 54.3 Å². The molecule has 0 aliphatic heterocycles. The van der Waals surface area contributed by atoms with Crippen molar-refractivity contribution in [3.05, 3.63) is 71.2 Å². The Morgan fingerprint density at radius 2 is 1.95 bits per heavy atom. The molecule has 0 saturated heterocycles.